The SMILES string of the molecule is CN(C)Cc1ccn(C)n1. The summed E-state index contributed by atoms with van der Waals surface area (Å²) < 4.78 is 1.82. The summed E-state index contributed by atoms with van der Waals surface area (Å²) in [5.74, 6) is 0. The van der Waals surface area contributed by atoms with Crippen molar-refractivity contribution < 1.29 is 0 Å². The van der Waals surface area contributed by atoms with Crippen LogP contribution in [0.2, 0.25) is 0 Å². The molecule has 0 unspecified atom stereocenters. The molecule has 3 heteroatoms. The Hall–Kier alpha value is -0.830. The molecule has 0 atom stereocenters. The van der Waals surface area contributed by atoms with E-state index in [0.717, 1.165) is 12.2 Å². The van der Waals surface area contributed by atoms with Gasteiger partial charge in [0.25, 0.3) is 0 Å². The van der Waals surface area contributed by atoms with Gasteiger partial charge in [-0.2, -0.15) is 5.10 Å². The van der Waals surface area contributed by atoms with E-state index in [-0.39, 0.29) is 0 Å². The Morgan fingerprint density at radius 3 is 2.70 bits per heavy atom. The molecule has 0 fully saturated rings. The van der Waals surface area contributed by atoms with Crippen LogP contribution in [0.15, 0.2) is 12.3 Å². The lowest BCUT2D eigenvalue weighted by Crippen LogP contribution is -2.11. The summed E-state index contributed by atoms with van der Waals surface area (Å²) in [7, 11) is 6.00. The molecule has 1 aromatic heterocycles. The van der Waals surface area contributed by atoms with Gasteiger partial charge < -0.3 is 4.90 Å². The predicted octanol–water partition coefficient (Wildman–Crippen LogP) is 0.482. The van der Waals surface area contributed by atoms with Crippen LogP contribution in [0, 0.1) is 0 Å². The summed E-state index contributed by atoms with van der Waals surface area (Å²) in [6, 6.07) is 2.03. The summed E-state index contributed by atoms with van der Waals surface area (Å²) in [5, 5.41) is 4.23. The summed E-state index contributed by atoms with van der Waals surface area (Å²) >= 11 is 0. The van der Waals surface area contributed by atoms with Gasteiger partial charge in [-0.25, -0.2) is 0 Å². The Morgan fingerprint density at radius 2 is 2.30 bits per heavy atom. The van der Waals surface area contributed by atoms with E-state index in [1.165, 1.54) is 0 Å². The highest BCUT2D eigenvalue weighted by atomic mass is 15.3. The van der Waals surface area contributed by atoms with Crippen LogP contribution in [0.1, 0.15) is 5.69 Å². The van der Waals surface area contributed by atoms with Crippen LogP contribution in [0.4, 0.5) is 0 Å². The first-order valence-corrected chi connectivity index (χ1v) is 3.32. The number of aryl methyl sites for hydroxylation is 1. The van der Waals surface area contributed by atoms with E-state index >= 15 is 0 Å². The molecule has 0 spiro atoms. The van der Waals surface area contributed by atoms with Crippen LogP contribution in [-0.4, -0.2) is 28.8 Å². The van der Waals surface area contributed by atoms with E-state index in [2.05, 4.69) is 10.00 Å². The van der Waals surface area contributed by atoms with Gasteiger partial charge in [-0.1, -0.05) is 0 Å². The lowest BCUT2D eigenvalue weighted by atomic mass is 10.4. The zero-order valence-electron chi connectivity index (χ0n) is 6.70. The van der Waals surface area contributed by atoms with Crippen LogP contribution in [-0.2, 0) is 13.6 Å². The molecule has 0 aliphatic rings. The molecule has 0 saturated carbocycles. The van der Waals surface area contributed by atoms with E-state index in [1.54, 1.807) is 0 Å². The van der Waals surface area contributed by atoms with E-state index < -0.39 is 0 Å². The van der Waals surface area contributed by atoms with Gasteiger partial charge in [-0.15, -0.1) is 0 Å². The zero-order valence-corrected chi connectivity index (χ0v) is 6.70. The number of aromatic nitrogens is 2. The normalized spacial score (nSPS) is 10.8. The van der Waals surface area contributed by atoms with Crippen LogP contribution in [0.5, 0.6) is 0 Å². The largest absolute Gasteiger partial charge is 0.304 e. The molecule has 0 aliphatic carbocycles. The molecule has 10 heavy (non-hydrogen) atoms. The topological polar surface area (TPSA) is 21.1 Å². The number of hydrogen-bond acceptors (Lipinski definition) is 2. The fourth-order valence-electron chi connectivity index (χ4n) is 0.872. The molecule has 0 radical (unpaired) electrons. The second kappa shape index (κ2) is 2.84. The lowest BCUT2D eigenvalue weighted by Gasteiger charge is -2.04. The number of nitrogens with zero attached hydrogens (tertiary/aromatic N) is 3. The highest BCUT2D eigenvalue weighted by molar-refractivity contribution is 4.97. The van der Waals surface area contributed by atoms with Crippen molar-refractivity contribution in [3.05, 3.63) is 18.0 Å². The summed E-state index contributed by atoms with van der Waals surface area (Å²) in [5.41, 5.74) is 1.12. The zero-order chi connectivity index (χ0) is 7.56. The van der Waals surface area contributed by atoms with Crippen molar-refractivity contribution in [2.75, 3.05) is 14.1 Å². The minimum atomic E-state index is 0.918. The van der Waals surface area contributed by atoms with Gasteiger partial charge in [0.15, 0.2) is 0 Å². The Morgan fingerprint density at radius 1 is 1.60 bits per heavy atom. The summed E-state index contributed by atoms with van der Waals surface area (Å²) in [6.07, 6.45) is 1.96. The van der Waals surface area contributed by atoms with Crippen LogP contribution >= 0.6 is 0 Å². The molecule has 0 saturated heterocycles. The molecular weight excluding hydrogens is 126 g/mol. The molecule has 0 amide bonds. The molecule has 3 nitrogen and oxygen atoms in total. The van der Waals surface area contributed by atoms with E-state index in [4.69, 9.17) is 0 Å². The Kier molecular flexibility index (Phi) is 2.06. The quantitative estimate of drug-likeness (QED) is 0.594. The minimum Gasteiger partial charge on any atom is -0.304 e. The standard InChI is InChI=1S/C7H13N3/c1-9(2)6-7-4-5-10(3)8-7/h4-5H,6H2,1-3H3. The molecule has 0 aliphatic heterocycles. The summed E-state index contributed by atoms with van der Waals surface area (Å²) in [4.78, 5) is 2.10. The van der Waals surface area contributed by atoms with E-state index in [1.807, 2.05) is 38.1 Å². The highest BCUT2D eigenvalue weighted by Gasteiger charge is 1.96. The third-order valence-electron chi connectivity index (χ3n) is 1.25. The van der Waals surface area contributed by atoms with Crippen molar-refractivity contribution in [2.45, 2.75) is 6.54 Å². The second-order valence-electron chi connectivity index (χ2n) is 2.72. The molecule has 1 rings (SSSR count). The average molecular weight is 139 g/mol. The van der Waals surface area contributed by atoms with Crippen molar-refractivity contribution in [3.8, 4) is 0 Å². The third kappa shape index (κ3) is 1.84. The van der Waals surface area contributed by atoms with Crippen molar-refractivity contribution in [3.63, 3.8) is 0 Å². The number of rotatable bonds is 2. The van der Waals surface area contributed by atoms with E-state index in [9.17, 15) is 0 Å². The van der Waals surface area contributed by atoms with Gasteiger partial charge in [0, 0.05) is 19.8 Å². The van der Waals surface area contributed by atoms with Crippen molar-refractivity contribution in [2.24, 2.45) is 7.05 Å². The fourth-order valence-corrected chi connectivity index (χ4v) is 0.872. The highest BCUT2D eigenvalue weighted by Crippen LogP contribution is 1.95. The summed E-state index contributed by atoms with van der Waals surface area (Å²) in [6.45, 7) is 0.918. The molecule has 0 N–H and O–H groups in total. The van der Waals surface area contributed by atoms with Crippen LogP contribution < -0.4 is 0 Å². The van der Waals surface area contributed by atoms with Gasteiger partial charge in [-0.3, -0.25) is 4.68 Å². The molecular formula is C7H13N3. The Balaban J connectivity index is 2.58. The predicted molar refractivity (Wildman–Crippen MR) is 40.6 cm³/mol. The molecule has 1 heterocycles. The van der Waals surface area contributed by atoms with Gasteiger partial charge in [0.05, 0.1) is 5.69 Å². The molecule has 0 bridgehead atoms. The lowest BCUT2D eigenvalue weighted by molar-refractivity contribution is 0.395. The minimum absolute atomic E-state index is 0.918. The third-order valence-corrected chi connectivity index (χ3v) is 1.25. The van der Waals surface area contributed by atoms with Crippen molar-refractivity contribution >= 4 is 0 Å². The van der Waals surface area contributed by atoms with Gasteiger partial charge in [0.2, 0.25) is 0 Å². The monoisotopic (exact) mass is 139 g/mol. The Bertz CT molecular complexity index is 202. The fraction of sp³-hybridized carbons (Fsp3) is 0.571. The van der Waals surface area contributed by atoms with Gasteiger partial charge in [0.1, 0.15) is 0 Å². The van der Waals surface area contributed by atoms with Gasteiger partial charge >= 0.3 is 0 Å². The first-order chi connectivity index (χ1) is 4.68. The van der Waals surface area contributed by atoms with Crippen molar-refractivity contribution in [1.82, 2.24) is 14.7 Å². The van der Waals surface area contributed by atoms with Gasteiger partial charge in [-0.05, 0) is 20.2 Å². The molecule has 1 aromatic rings. The molecule has 0 aromatic carbocycles. The number of hydrogen-bond donors (Lipinski definition) is 0. The van der Waals surface area contributed by atoms with Crippen LogP contribution in [0.25, 0.3) is 0 Å². The maximum Gasteiger partial charge on any atom is 0.0764 e. The molecule has 56 valence electrons. The van der Waals surface area contributed by atoms with Crippen LogP contribution in [0.3, 0.4) is 0 Å². The maximum atomic E-state index is 4.23. The Labute approximate surface area is 61.3 Å². The average Bonchev–Trinajstić information content (AvgIpc) is 2.13. The maximum absolute atomic E-state index is 4.23. The first kappa shape index (κ1) is 7.28. The second-order valence-corrected chi connectivity index (χ2v) is 2.72. The van der Waals surface area contributed by atoms with Crippen molar-refractivity contribution in [1.29, 1.82) is 0 Å². The smallest absolute Gasteiger partial charge is 0.0764 e. The first-order valence-electron chi connectivity index (χ1n) is 3.32. The van der Waals surface area contributed by atoms with E-state index in [0.29, 0.717) is 0 Å².